The van der Waals surface area contributed by atoms with Gasteiger partial charge in [-0.1, -0.05) is 34.1 Å². The van der Waals surface area contributed by atoms with Crippen LogP contribution >= 0.6 is 15.9 Å². The van der Waals surface area contributed by atoms with E-state index in [2.05, 4.69) is 32.4 Å². The van der Waals surface area contributed by atoms with Crippen molar-refractivity contribution in [3.05, 3.63) is 46.1 Å². The average Bonchev–Trinajstić information content (AvgIpc) is 3.12. The maximum absolute atomic E-state index is 12.3. The molecule has 2 aromatic rings. The van der Waals surface area contributed by atoms with Crippen LogP contribution in [-0.4, -0.2) is 15.7 Å². The van der Waals surface area contributed by atoms with Gasteiger partial charge in [0.05, 0.1) is 5.69 Å². The molecule has 0 bridgehead atoms. The fourth-order valence-corrected chi connectivity index (χ4v) is 3.13. The second-order valence-electron chi connectivity index (χ2n) is 5.25. The van der Waals surface area contributed by atoms with Crippen LogP contribution in [0.5, 0.6) is 0 Å². The summed E-state index contributed by atoms with van der Waals surface area (Å²) < 4.78 is 2.78. The normalized spacial score (nSPS) is 20.8. The van der Waals surface area contributed by atoms with Crippen molar-refractivity contribution in [1.82, 2.24) is 9.78 Å². The van der Waals surface area contributed by atoms with Crippen molar-refractivity contribution in [3.63, 3.8) is 0 Å². The highest BCUT2D eigenvalue weighted by molar-refractivity contribution is 9.10. The molecule has 1 fully saturated rings. The minimum atomic E-state index is 0.0592. The van der Waals surface area contributed by atoms with Gasteiger partial charge < -0.3 is 5.32 Å². The molecule has 2 unspecified atom stereocenters. The van der Waals surface area contributed by atoms with Gasteiger partial charge in [0.25, 0.3) is 0 Å². The van der Waals surface area contributed by atoms with E-state index in [1.165, 1.54) is 5.56 Å². The maximum Gasteiger partial charge on any atom is 0.229 e. The van der Waals surface area contributed by atoms with Crippen LogP contribution in [0.3, 0.4) is 0 Å². The van der Waals surface area contributed by atoms with E-state index in [-0.39, 0.29) is 11.8 Å². The molecule has 1 amide bonds. The number of halogens is 1. The maximum atomic E-state index is 12.3. The predicted molar refractivity (Wildman–Crippen MR) is 81.6 cm³/mol. The van der Waals surface area contributed by atoms with Gasteiger partial charge in [-0.05, 0) is 30.9 Å². The number of hydrogen-bond donors (Lipinski definition) is 1. The number of benzene rings is 1. The van der Waals surface area contributed by atoms with Crippen LogP contribution in [0.4, 0.5) is 5.82 Å². The van der Waals surface area contributed by atoms with Gasteiger partial charge in [0.2, 0.25) is 5.91 Å². The second kappa shape index (κ2) is 5.05. The van der Waals surface area contributed by atoms with E-state index in [1.54, 1.807) is 4.68 Å². The van der Waals surface area contributed by atoms with Crippen LogP contribution in [0.25, 0.3) is 0 Å². The van der Waals surface area contributed by atoms with Crippen molar-refractivity contribution < 1.29 is 4.79 Å². The average molecular weight is 334 g/mol. The lowest BCUT2D eigenvalue weighted by Gasteiger charge is -2.06. The zero-order valence-corrected chi connectivity index (χ0v) is 13.0. The van der Waals surface area contributed by atoms with Crippen LogP contribution in [0.15, 0.2) is 34.8 Å². The van der Waals surface area contributed by atoms with Gasteiger partial charge in [0, 0.05) is 23.5 Å². The Morgan fingerprint density at radius 1 is 1.45 bits per heavy atom. The SMILES string of the molecule is Cc1cc(NC(=O)C2CC2c2ccccc2Br)n(C)n1. The van der Waals surface area contributed by atoms with Gasteiger partial charge >= 0.3 is 0 Å². The smallest absolute Gasteiger partial charge is 0.229 e. The Bertz CT molecular complexity index is 665. The summed E-state index contributed by atoms with van der Waals surface area (Å²) in [7, 11) is 1.83. The fourth-order valence-electron chi connectivity index (χ4n) is 2.55. The molecule has 0 radical (unpaired) electrons. The largest absolute Gasteiger partial charge is 0.311 e. The molecule has 1 aliphatic rings. The molecule has 2 atom stereocenters. The molecular formula is C15H16BrN3O. The molecule has 3 rings (SSSR count). The monoisotopic (exact) mass is 333 g/mol. The van der Waals surface area contributed by atoms with Crippen LogP contribution < -0.4 is 5.32 Å². The zero-order valence-electron chi connectivity index (χ0n) is 11.4. The quantitative estimate of drug-likeness (QED) is 0.937. The first-order chi connectivity index (χ1) is 9.56. The van der Waals surface area contributed by atoms with Gasteiger partial charge in [-0.2, -0.15) is 5.10 Å². The van der Waals surface area contributed by atoms with Crippen LogP contribution in [0, 0.1) is 12.8 Å². The number of aromatic nitrogens is 2. The lowest BCUT2D eigenvalue weighted by molar-refractivity contribution is -0.117. The first-order valence-corrected chi connectivity index (χ1v) is 7.41. The molecule has 1 aliphatic carbocycles. The van der Waals surface area contributed by atoms with E-state index in [0.717, 1.165) is 22.4 Å². The molecule has 0 saturated heterocycles. The Hall–Kier alpha value is -1.62. The van der Waals surface area contributed by atoms with E-state index in [1.807, 2.05) is 38.2 Å². The third-order valence-corrected chi connectivity index (χ3v) is 4.41. The topological polar surface area (TPSA) is 46.9 Å². The summed E-state index contributed by atoms with van der Waals surface area (Å²) in [5.41, 5.74) is 2.12. The van der Waals surface area contributed by atoms with Crippen LogP contribution in [-0.2, 0) is 11.8 Å². The highest BCUT2D eigenvalue weighted by atomic mass is 79.9. The molecule has 1 saturated carbocycles. The Morgan fingerprint density at radius 3 is 2.85 bits per heavy atom. The number of hydrogen-bond acceptors (Lipinski definition) is 2. The molecule has 1 aromatic heterocycles. The summed E-state index contributed by atoms with van der Waals surface area (Å²) in [6.07, 6.45) is 0.908. The first-order valence-electron chi connectivity index (χ1n) is 6.62. The number of nitrogens with one attached hydrogen (secondary N) is 1. The summed E-state index contributed by atoms with van der Waals surface area (Å²) in [5, 5.41) is 7.19. The lowest BCUT2D eigenvalue weighted by Crippen LogP contribution is -2.16. The Kier molecular flexibility index (Phi) is 3.38. The van der Waals surface area contributed by atoms with E-state index < -0.39 is 0 Å². The fraction of sp³-hybridized carbons (Fsp3) is 0.333. The predicted octanol–water partition coefficient (Wildman–Crippen LogP) is 3.23. The molecule has 1 aromatic carbocycles. The van der Waals surface area contributed by atoms with Gasteiger partial charge in [0.15, 0.2) is 0 Å². The number of carbonyl (C=O) groups is 1. The summed E-state index contributed by atoms with van der Waals surface area (Å²) in [4.78, 5) is 12.3. The molecular weight excluding hydrogens is 318 g/mol. The number of anilines is 1. The summed E-state index contributed by atoms with van der Waals surface area (Å²) in [5.74, 6) is 1.21. The van der Waals surface area contributed by atoms with E-state index in [4.69, 9.17) is 0 Å². The lowest BCUT2D eigenvalue weighted by atomic mass is 10.1. The standard InChI is InChI=1S/C15H16BrN3O/c1-9-7-14(19(2)18-9)17-15(20)12-8-11(12)10-5-3-4-6-13(10)16/h3-7,11-12H,8H2,1-2H3,(H,17,20). The van der Waals surface area contributed by atoms with E-state index in [0.29, 0.717) is 5.92 Å². The van der Waals surface area contributed by atoms with Gasteiger partial charge in [-0.25, -0.2) is 0 Å². The number of amides is 1. The molecule has 20 heavy (non-hydrogen) atoms. The second-order valence-corrected chi connectivity index (χ2v) is 6.11. The highest BCUT2D eigenvalue weighted by Gasteiger charge is 2.44. The van der Waals surface area contributed by atoms with E-state index >= 15 is 0 Å². The molecule has 0 spiro atoms. The van der Waals surface area contributed by atoms with Crippen molar-refractivity contribution in [2.75, 3.05) is 5.32 Å². The van der Waals surface area contributed by atoms with Crippen LogP contribution in [0.1, 0.15) is 23.6 Å². The van der Waals surface area contributed by atoms with Crippen molar-refractivity contribution in [1.29, 1.82) is 0 Å². The molecule has 104 valence electrons. The van der Waals surface area contributed by atoms with Crippen LogP contribution in [0.2, 0.25) is 0 Å². The van der Waals surface area contributed by atoms with Crippen molar-refractivity contribution in [2.45, 2.75) is 19.3 Å². The van der Waals surface area contributed by atoms with Crippen molar-refractivity contribution in [2.24, 2.45) is 13.0 Å². The highest BCUT2D eigenvalue weighted by Crippen LogP contribution is 2.49. The summed E-state index contributed by atoms with van der Waals surface area (Å²) >= 11 is 3.55. The molecule has 1 N–H and O–H groups in total. The zero-order chi connectivity index (χ0) is 14.3. The Balaban J connectivity index is 1.69. The number of carbonyl (C=O) groups excluding carboxylic acids is 1. The first kappa shape index (κ1) is 13.4. The summed E-state index contributed by atoms with van der Waals surface area (Å²) in [6, 6.07) is 9.98. The number of aryl methyl sites for hydroxylation is 2. The summed E-state index contributed by atoms with van der Waals surface area (Å²) in [6.45, 7) is 1.91. The minimum Gasteiger partial charge on any atom is -0.311 e. The third-order valence-electron chi connectivity index (χ3n) is 3.69. The Labute approximate surface area is 126 Å². The minimum absolute atomic E-state index is 0.0592. The van der Waals surface area contributed by atoms with Crippen molar-refractivity contribution >= 4 is 27.7 Å². The molecule has 1 heterocycles. The number of nitrogens with zero attached hydrogens (tertiary/aromatic N) is 2. The Morgan fingerprint density at radius 2 is 2.20 bits per heavy atom. The van der Waals surface area contributed by atoms with E-state index in [9.17, 15) is 4.79 Å². The molecule has 4 nitrogen and oxygen atoms in total. The number of rotatable bonds is 3. The van der Waals surface area contributed by atoms with Gasteiger partial charge in [-0.15, -0.1) is 0 Å². The van der Waals surface area contributed by atoms with Crippen molar-refractivity contribution in [3.8, 4) is 0 Å². The van der Waals surface area contributed by atoms with Gasteiger partial charge in [0.1, 0.15) is 5.82 Å². The third kappa shape index (κ3) is 2.50. The molecule has 5 heteroatoms. The van der Waals surface area contributed by atoms with Gasteiger partial charge in [-0.3, -0.25) is 9.48 Å². The molecule has 0 aliphatic heterocycles.